The van der Waals surface area contributed by atoms with E-state index in [-0.39, 0.29) is 18.6 Å². The molecule has 0 heterocycles. The van der Waals surface area contributed by atoms with Crippen LogP contribution in [-0.4, -0.2) is 49.5 Å². The van der Waals surface area contributed by atoms with Crippen LogP contribution in [0, 0.1) is 0 Å². The zero-order chi connectivity index (χ0) is 33.9. The first-order chi connectivity index (χ1) is 17.4. The normalized spacial score (nSPS) is 15.7. The Hall–Kier alpha value is 4.73. The minimum Gasteiger partial charge on any atom is -0.849 e. The van der Waals surface area contributed by atoms with E-state index in [4.69, 9.17) is 174 Å². The maximum absolute atomic E-state index is 10.5. The minimum atomic E-state index is -1.63. The third kappa shape index (κ3) is 40.8. The van der Waals surface area contributed by atoms with E-state index in [1.54, 1.807) is 34.6 Å². The molecule has 5 atom stereocenters. The fourth-order valence-corrected chi connectivity index (χ4v) is 3.47. The van der Waals surface area contributed by atoms with E-state index in [1.165, 1.54) is 0 Å². The maximum Gasteiger partial charge on any atom is 5.00 e. The van der Waals surface area contributed by atoms with Crippen molar-refractivity contribution in [3.05, 3.63) is 0 Å². The quantitative estimate of drug-likeness (QED) is 0.266. The van der Waals surface area contributed by atoms with Gasteiger partial charge in [0.25, 0.3) is 0 Å². The Bertz CT molecular complexity index is 464. The maximum atomic E-state index is 10.5. The fraction of sp³-hybridized carbons (Fsp3) is 1.00. The van der Waals surface area contributed by atoms with Gasteiger partial charge >= 0.3 is 18.6 Å². The molecule has 0 amide bonds. The number of hydrogen-bond acceptors (Lipinski definition) is 5. The van der Waals surface area contributed by atoms with Gasteiger partial charge in [-0.2, -0.15) is 0 Å². The number of rotatable bonds is 5. The van der Waals surface area contributed by atoms with Gasteiger partial charge in [0.1, 0.15) is 0 Å². The van der Waals surface area contributed by atoms with Crippen LogP contribution < -0.4 is 25.5 Å². The van der Waals surface area contributed by atoms with Crippen molar-refractivity contribution in [2.45, 2.75) is 116 Å². The van der Waals surface area contributed by atoms with Crippen LogP contribution in [0.15, 0.2) is 0 Å². The third-order valence-corrected chi connectivity index (χ3v) is 7.33. The van der Waals surface area contributed by atoms with Gasteiger partial charge in [0, 0.05) is 0 Å². The molecule has 0 rings (SSSR count). The molecular weight excluding hydrogens is 903 g/mol. The second kappa shape index (κ2) is 28.6. The molecular formula is C20H30Cl15O5V. The molecule has 0 radical (unpaired) electrons. The van der Waals surface area contributed by atoms with Crippen molar-refractivity contribution in [2.24, 2.45) is 0 Å². The predicted molar refractivity (Wildman–Crippen MR) is 172 cm³/mol. The molecule has 0 bridgehead atoms. The third-order valence-electron chi connectivity index (χ3n) is 3.68. The van der Waals surface area contributed by atoms with E-state index < -0.39 is 49.5 Å². The summed E-state index contributed by atoms with van der Waals surface area (Å²) in [5, 5.41) is 52.6. The summed E-state index contributed by atoms with van der Waals surface area (Å²) in [6, 6.07) is 0. The Morgan fingerprint density at radius 3 is 0.390 bits per heavy atom. The van der Waals surface area contributed by atoms with E-state index in [0.717, 1.165) is 0 Å². The van der Waals surface area contributed by atoms with Gasteiger partial charge in [-0.25, -0.2) is 0 Å². The largest absolute Gasteiger partial charge is 5.00 e. The Labute approximate surface area is 330 Å². The Balaban J connectivity index is -0.0000000928. The number of hydrogen-bond donors (Lipinski definition) is 0. The van der Waals surface area contributed by atoms with Gasteiger partial charge in [0.2, 0.25) is 0 Å². The predicted octanol–water partition coefficient (Wildman–Crippen LogP) is 7.48. The zero-order valence-corrected chi connectivity index (χ0v) is 34.8. The van der Waals surface area contributed by atoms with E-state index >= 15 is 0 Å². The van der Waals surface area contributed by atoms with Crippen molar-refractivity contribution in [1.82, 2.24) is 0 Å². The summed E-state index contributed by atoms with van der Waals surface area (Å²) in [6.45, 7) is 8.40. The van der Waals surface area contributed by atoms with Crippen LogP contribution in [0.25, 0.3) is 0 Å². The average molecular weight is 933 g/mol. The Kier molecular flexibility index (Phi) is 40.4. The van der Waals surface area contributed by atoms with Gasteiger partial charge in [-0.3, -0.25) is 0 Å². The molecule has 0 aliphatic rings. The summed E-state index contributed by atoms with van der Waals surface area (Å²) in [5.74, 6) is 0. The molecule has 41 heavy (non-hydrogen) atoms. The topological polar surface area (TPSA) is 115 Å². The summed E-state index contributed by atoms with van der Waals surface area (Å²) in [5.41, 5.74) is 0. The molecule has 0 aromatic rings. The average Bonchev–Trinajstić information content (AvgIpc) is 2.79. The van der Waals surface area contributed by atoms with Gasteiger partial charge in [0.15, 0.2) is 19.0 Å². The summed E-state index contributed by atoms with van der Waals surface area (Å²) in [6.07, 6.45) is -3.80. The van der Waals surface area contributed by atoms with E-state index in [0.29, 0.717) is 32.1 Å². The van der Waals surface area contributed by atoms with Crippen LogP contribution >= 0.6 is 174 Å². The molecule has 0 spiro atoms. The summed E-state index contributed by atoms with van der Waals surface area (Å²) in [7, 11) is 0. The van der Waals surface area contributed by atoms with Crippen molar-refractivity contribution in [1.29, 1.82) is 0 Å². The standard InChI is InChI=1S/5C4H6Cl3O.V/c5*1-2-3(8)4(5,6)7;/h5*3H,2H2,1H3;/q5*-1;+5. The van der Waals surface area contributed by atoms with Crippen LogP contribution in [0.2, 0.25) is 0 Å². The molecule has 0 saturated heterocycles. The molecule has 0 fully saturated rings. The second-order valence-corrected chi connectivity index (χ2v) is 19.0. The molecule has 0 saturated carbocycles. The van der Waals surface area contributed by atoms with Crippen LogP contribution in [0.5, 0.6) is 0 Å². The van der Waals surface area contributed by atoms with Gasteiger partial charge < -0.3 is 25.5 Å². The summed E-state index contributed by atoms with van der Waals surface area (Å²) >= 11 is 78.0. The smallest absolute Gasteiger partial charge is 0.849 e. The molecule has 0 aliphatic carbocycles. The molecule has 250 valence electrons. The van der Waals surface area contributed by atoms with E-state index in [9.17, 15) is 25.5 Å². The van der Waals surface area contributed by atoms with Gasteiger partial charge in [-0.05, 0) is 0 Å². The van der Waals surface area contributed by atoms with Crippen molar-refractivity contribution < 1.29 is 44.1 Å². The fourth-order valence-electron chi connectivity index (χ4n) is 1.16. The zero-order valence-electron chi connectivity index (χ0n) is 22.1. The molecule has 21 heteroatoms. The number of alkyl halides is 15. The van der Waals surface area contributed by atoms with Gasteiger partial charge in [0.05, 0.1) is 0 Å². The van der Waals surface area contributed by atoms with Gasteiger partial charge in [-0.15, -0.1) is 0 Å². The summed E-state index contributed by atoms with van der Waals surface area (Å²) < 4.78 is -8.15. The van der Waals surface area contributed by atoms with Crippen molar-refractivity contribution in [3.63, 3.8) is 0 Å². The van der Waals surface area contributed by atoms with Crippen molar-refractivity contribution in [2.75, 3.05) is 0 Å². The Morgan fingerprint density at radius 1 is 0.317 bits per heavy atom. The monoisotopic (exact) mass is 926 g/mol. The van der Waals surface area contributed by atoms with E-state index in [2.05, 4.69) is 0 Å². The molecule has 0 aromatic heterocycles. The van der Waals surface area contributed by atoms with Crippen molar-refractivity contribution in [3.8, 4) is 0 Å². The SMILES string of the molecule is CCC([O-])C(Cl)(Cl)Cl.CCC([O-])C(Cl)(Cl)Cl.CCC([O-])C(Cl)(Cl)Cl.CCC([O-])C(Cl)(Cl)Cl.CCC([O-])C(Cl)(Cl)Cl.[V+5]. The van der Waals surface area contributed by atoms with Gasteiger partial charge in [-0.1, -0.05) is 271 Å². The number of halogens is 15. The van der Waals surface area contributed by atoms with Crippen LogP contribution in [0.1, 0.15) is 66.7 Å². The molecule has 5 nitrogen and oxygen atoms in total. The molecule has 0 N–H and O–H groups in total. The van der Waals surface area contributed by atoms with Crippen LogP contribution in [-0.2, 0) is 18.6 Å². The van der Waals surface area contributed by atoms with E-state index in [1.807, 2.05) is 0 Å². The molecule has 0 aromatic carbocycles. The van der Waals surface area contributed by atoms with Crippen LogP contribution in [0.3, 0.4) is 0 Å². The first kappa shape index (κ1) is 58.0. The molecule has 0 aliphatic heterocycles. The first-order valence-electron chi connectivity index (χ1n) is 11.0. The van der Waals surface area contributed by atoms with Crippen LogP contribution in [0.4, 0.5) is 0 Å². The molecule has 5 unspecified atom stereocenters. The Morgan fingerprint density at radius 2 is 0.390 bits per heavy atom. The minimum absolute atomic E-state index is 0. The second-order valence-electron chi connectivity index (χ2n) is 7.19. The summed E-state index contributed by atoms with van der Waals surface area (Å²) in [4.78, 5) is 0. The van der Waals surface area contributed by atoms with Crippen molar-refractivity contribution >= 4 is 174 Å². The first-order valence-corrected chi connectivity index (χ1v) is 16.7.